The molecule has 2 aromatic rings. The second-order valence-corrected chi connectivity index (χ2v) is 5.03. The highest BCUT2D eigenvalue weighted by molar-refractivity contribution is 9.10. The highest BCUT2D eigenvalue weighted by atomic mass is 79.9. The Balaban J connectivity index is 2.07. The van der Waals surface area contributed by atoms with E-state index in [9.17, 15) is 4.39 Å². The van der Waals surface area contributed by atoms with Gasteiger partial charge in [0, 0.05) is 10.0 Å². The molecule has 2 N–H and O–H groups in total. The van der Waals surface area contributed by atoms with Crippen molar-refractivity contribution in [3.8, 4) is 5.75 Å². The van der Waals surface area contributed by atoms with Crippen LogP contribution in [-0.2, 0) is 13.0 Å². The maximum Gasteiger partial charge on any atom is 0.129 e. The van der Waals surface area contributed by atoms with E-state index in [1.165, 1.54) is 6.07 Å². The molecule has 0 amide bonds. The summed E-state index contributed by atoms with van der Waals surface area (Å²) in [4.78, 5) is 0. The zero-order chi connectivity index (χ0) is 13.7. The number of benzene rings is 2. The SMILES string of the molecule is NCCc1cc(OCc2ccccc2F)ccc1Br. The number of hydrogen-bond acceptors (Lipinski definition) is 2. The Kier molecular flexibility index (Phi) is 4.93. The predicted molar refractivity (Wildman–Crippen MR) is 77.6 cm³/mol. The summed E-state index contributed by atoms with van der Waals surface area (Å²) in [5.74, 6) is 0.469. The molecule has 0 heterocycles. The molecule has 0 saturated carbocycles. The van der Waals surface area contributed by atoms with Crippen LogP contribution in [-0.4, -0.2) is 6.54 Å². The minimum atomic E-state index is -0.248. The molecular formula is C15H15BrFNO. The van der Waals surface area contributed by atoms with E-state index in [0.29, 0.717) is 12.1 Å². The molecule has 0 aromatic heterocycles. The van der Waals surface area contributed by atoms with E-state index in [2.05, 4.69) is 15.9 Å². The minimum absolute atomic E-state index is 0.219. The van der Waals surface area contributed by atoms with Gasteiger partial charge in [-0.25, -0.2) is 4.39 Å². The zero-order valence-electron chi connectivity index (χ0n) is 10.4. The number of ether oxygens (including phenoxy) is 1. The first-order valence-corrected chi connectivity index (χ1v) is 6.84. The molecule has 19 heavy (non-hydrogen) atoms. The van der Waals surface area contributed by atoms with Crippen molar-refractivity contribution in [1.29, 1.82) is 0 Å². The maximum atomic E-state index is 13.5. The van der Waals surface area contributed by atoms with Crippen LogP contribution in [0, 0.1) is 5.82 Å². The number of hydrogen-bond donors (Lipinski definition) is 1. The second-order valence-electron chi connectivity index (χ2n) is 4.17. The van der Waals surface area contributed by atoms with Gasteiger partial charge in [0.2, 0.25) is 0 Å². The van der Waals surface area contributed by atoms with Gasteiger partial charge in [-0.1, -0.05) is 34.1 Å². The average molecular weight is 324 g/mol. The summed E-state index contributed by atoms with van der Waals surface area (Å²) in [5.41, 5.74) is 7.19. The number of nitrogens with two attached hydrogens (primary N) is 1. The molecule has 0 aliphatic carbocycles. The molecule has 2 rings (SSSR count). The summed E-state index contributed by atoms with van der Waals surface area (Å²) in [6.45, 7) is 0.797. The first-order valence-electron chi connectivity index (χ1n) is 6.05. The van der Waals surface area contributed by atoms with Crippen LogP contribution < -0.4 is 10.5 Å². The van der Waals surface area contributed by atoms with Crippen molar-refractivity contribution >= 4 is 15.9 Å². The van der Waals surface area contributed by atoms with Gasteiger partial charge in [-0.15, -0.1) is 0 Å². The largest absolute Gasteiger partial charge is 0.489 e. The first kappa shape index (κ1) is 14.0. The fraction of sp³-hybridized carbons (Fsp3) is 0.200. The molecule has 0 atom stereocenters. The van der Waals surface area contributed by atoms with Crippen LogP contribution in [0.1, 0.15) is 11.1 Å². The van der Waals surface area contributed by atoms with Crippen LogP contribution in [0.2, 0.25) is 0 Å². The number of rotatable bonds is 5. The Bertz CT molecular complexity index is 560. The minimum Gasteiger partial charge on any atom is -0.489 e. The van der Waals surface area contributed by atoms with Crippen LogP contribution in [0.3, 0.4) is 0 Å². The molecular weight excluding hydrogens is 309 g/mol. The summed E-state index contributed by atoms with van der Waals surface area (Å²) >= 11 is 3.47. The van der Waals surface area contributed by atoms with Crippen molar-refractivity contribution in [3.05, 3.63) is 63.9 Å². The van der Waals surface area contributed by atoms with Gasteiger partial charge in [0.05, 0.1) is 0 Å². The van der Waals surface area contributed by atoms with E-state index >= 15 is 0 Å². The summed E-state index contributed by atoms with van der Waals surface area (Å²) in [5, 5.41) is 0. The first-order chi connectivity index (χ1) is 9.20. The van der Waals surface area contributed by atoms with Crippen molar-refractivity contribution in [3.63, 3.8) is 0 Å². The monoisotopic (exact) mass is 323 g/mol. The molecule has 0 aliphatic rings. The van der Waals surface area contributed by atoms with E-state index in [0.717, 1.165) is 22.2 Å². The highest BCUT2D eigenvalue weighted by Gasteiger charge is 2.04. The maximum absolute atomic E-state index is 13.5. The zero-order valence-corrected chi connectivity index (χ0v) is 12.0. The molecule has 0 radical (unpaired) electrons. The van der Waals surface area contributed by atoms with E-state index in [4.69, 9.17) is 10.5 Å². The van der Waals surface area contributed by atoms with Gasteiger partial charge in [-0.05, 0) is 42.8 Å². The Hall–Kier alpha value is -1.39. The lowest BCUT2D eigenvalue weighted by atomic mass is 10.1. The van der Waals surface area contributed by atoms with Crippen LogP contribution >= 0.6 is 15.9 Å². The molecule has 0 unspecified atom stereocenters. The standard InChI is InChI=1S/C15H15BrFNO/c16-14-6-5-13(9-11(14)7-8-18)19-10-12-3-1-2-4-15(12)17/h1-6,9H,7-8,10,18H2. The van der Waals surface area contributed by atoms with Crippen LogP contribution in [0.4, 0.5) is 4.39 Å². The molecule has 0 aliphatic heterocycles. The summed E-state index contributed by atoms with van der Waals surface area (Å²) in [7, 11) is 0. The molecule has 0 saturated heterocycles. The summed E-state index contributed by atoms with van der Waals surface area (Å²) in [6.07, 6.45) is 0.775. The predicted octanol–water partition coefficient (Wildman–Crippen LogP) is 3.67. The van der Waals surface area contributed by atoms with Gasteiger partial charge in [0.25, 0.3) is 0 Å². The fourth-order valence-electron chi connectivity index (χ4n) is 1.76. The average Bonchev–Trinajstić information content (AvgIpc) is 2.41. The van der Waals surface area contributed by atoms with E-state index in [1.807, 2.05) is 18.2 Å². The topological polar surface area (TPSA) is 35.2 Å². The molecule has 2 aromatic carbocycles. The van der Waals surface area contributed by atoms with Crippen LogP contribution in [0.5, 0.6) is 5.75 Å². The van der Waals surface area contributed by atoms with Crippen molar-refractivity contribution in [1.82, 2.24) is 0 Å². The second kappa shape index (κ2) is 6.68. The lowest BCUT2D eigenvalue weighted by molar-refractivity contribution is 0.299. The van der Waals surface area contributed by atoms with Gasteiger partial charge in [0.15, 0.2) is 0 Å². The smallest absolute Gasteiger partial charge is 0.129 e. The van der Waals surface area contributed by atoms with Gasteiger partial charge in [-0.2, -0.15) is 0 Å². The van der Waals surface area contributed by atoms with E-state index in [-0.39, 0.29) is 12.4 Å². The van der Waals surface area contributed by atoms with Crippen LogP contribution in [0.25, 0.3) is 0 Å². The molecule has 4 heteroatoms. The quantitative estimate of drug-likeness (QED) is 0.911. The Morgan fingerprint density at radius 1 is 1.11 bits per heavy atom. The van der Waals surface area contributed by atoms with Gasteiger partial charge < -0.3 is 10.5 Å². The summed E-state index contributed by atoms with van der Waals surface area (Å²) < 4.78 is 20.1. The third-order valence-electron chi connectivity index (χ3n) is 2.78. The molecule has 0 fully saturated rings. The highest BCUT2D eigenvalue weighted by Crippen LogP contribution is 2.23. The van der Waals surface area contributed by atoms with Gasteiger partial charge in [-0.3, -0.25) is 0 Å². The Morgan fingerprint density at radius 3 is 2.63 bits per heavy atom. The van der Waals surface area contributed by atoms with Crippen LogP contribution in [0.15, 0.2) is 46.9 Å². The van der Waals surface area contributed by atoms with E-state index in [1.54, 1.807) is 18.2 Å². The van der Waals surface area contributed by atoms with Crippen molar-refractivity contribution in [2.24, 2.45) is 5.73 Å². The van der Waals surface area contributed by atoms with E-state index < -0.39 is 0 Å². The molecule has 100 valence electrons. The van der Waals surface area contributed by atoms with Gasteiger partial charge >= 0.3 is 0 Å². The normalized spacial score (nSPS) is 10.5. The Morgan fingerprint density at radius 2 is 1.89 bits per heavy atom. The third kappa shape index (κ3) is 3.78. The molecule has 2 nitrogen and oxygen atoms in total. The number of halogens is 2. The molecule has 0 bridgehead atoms. The third-order valence-corrected chi connectivity index (χ3v) is 3.56. The molecule has 0 spiro atoms. The fourth-order valence-corrected chi connectivity index (χ4v) is 2.21. The lowest BCUT2D eigenvalue weighted by Gasteiger charge is -2.10. The van der Waals surface area contributed by atoms with Gasteiger partial charge in [0.1, 0.15) is 18.2 Å². The van der Waals surface area contributed by atoms with Crippen molar-refractivity contribution < 1.29 is 9.13 Å². The van der Waals surface area contributed by atoms with Crippen molar-refractivity contribution in [2.45, 2.75) is 13.0 Å². The van der Waals surface area contributed by atoms with Crippen molar-refractivity contribution in [2.75, 3.05) is 6.54 Å². The Labute approximate surface area is 120 Å². The lowest BCUT2D eigenvalue weighted by Crippen LogP contribution is -2.04. The summed E-state index contributed by atoms with van der Waals surface area (Å²) in [6, 6.07) is 12.3.